The molecular weight excluding hydrogens is 364 g/mol. The minimum atomic E-state index is -2.02. The number of rotatable bonds is 5. The van der Waals surface area contributed by atoms with Gasteiger partial charge >= 0.3 is 11.9 Å². The lowest BCUT2D eigenvalue weighted by molar-refractivity contribution is -0.347. The SMILES string of the molecule is CO[C@@H]1[C@H](O)[C@@H](O)[C@@H](O[C@@H]2[C@H](O)[C@@H](O)[C@@H](O)O[C@@H]2C(=O)O)O[C@@H]1C(=O)O. The summed E-state index contributed by atoms with van der Waals surface area (Å²) in [6.07, 6.45) is -18.5. The zero-order valence-corrected chi connectivity index (χ0v) is 13.4. The molecule has 2 fully saturated rings. The van der Waals surface area contributed by atoms with Gasteiger partial charge in [-0.3, -0.25) is 0 Å². The van der Waals surface area contributed by atoms with Crippen molar-refractivity contribution in [1.29, 1.82) is 0 Å². The van der Waals surface area contributed by atoms with Gasteiger partial charge in [0.2, 0.25) is 0 Å². The molecule has 0 spiro atoms. The highest BCUT2D eigenvalue weighted by molar-refractivity contribution is 5.74. The summed E-state index contributed by atoms with van der Waals surface area (Å²) >= 11 is 0. The molecule has 0 aromatic rings. The first-order valence-electron chi connectivity index (χ1n) is 7.45. The molecule has 13 heteroatoms. The molecule has 2 saturated heterocycles. The van der Waals surface area contributed by atoms with Crippen molar-refractivity contribution in [1.82, 2.24) is 0 Å². The van der Waals surface area contributed by atoms with Crippen LogP contribution in [0.5, 0.6) is 0 Å². The predicted octanol–water partition coefficient (Wildman–Crippen LogP) is -4.56. The lowest BCUT2D eigenvalue weighted by Crippen LogP contribution is -2.65. The van der Waals surface area contributed by atoms with Crippen LogP contribution in [-0.4, -0.2) is 116 Å². The van der Waals surface area contributed by atoms with Gasteiger partial charge in [0.05, 0.1) is 0 Å². The monoisotopic (exact) mass is 384 g/mol. The Bertz CT molecular complexity index is 526. The van der Waals surface area contributed by atoms with Crippen LogP contribution in [-0.2, 0) is 28.5 Å². The summed E-state index contributed by atoms with van der Waals surface area (Å²) in [5.74, 6) is -3.22. The lowest BCUT2D eigenvalue weighted by Gasteiger charge is -2.44. The topological polar surface area (TPSA) is 213 Å². The van der Waals surface area contributed by atoms with Crippen LogP contribution in [0.3, 0.4) is 0 Å². The first kappa shape index (κ1) is 20.9. The third-order valence-electron chi connectivity index (χ3n) is 4.16. The third-order valence-corrected chi connectivity index (χ3v) is 4.16. The summed E-state index contributed by atoms with van der Waals surface area (Å²) in [4.78, 5) is 22.5. The summed E-state index contributed by atoms with van der Waals surface area (Å²) in [5.41, 5.74) is 0. The van der Waals surface area contributed by atoms with E-state index in [1.54, 1.807) is 0 Å². The fraction of sp³-hybridized carbons (Fsp3) is 0.846. The molecule has 150 valence electrons. The maximum Gasteiger partial charge on any atom is 0.335 e. The van der Waals surface area contributed by atoms with Crippen molar-refractivity contribution < 1.29 is 64.3 Å². The van der Waals surface area contributed by atoms with Crippen molar-refractivity contribution in [3.63, 3.8) is 0 Å². The van der Waals surface area contributed by atoms with Crippen molar-refractivity contribution in [3.05, 3.63) is 0 Å². The Hall–Kier alpha value is -1.42. The van der Waals surface area contributed by atoms with E-state index < -0.39 is 73.4 Å². The molecule has 0 aromatic carbocycles. The second-order valence-corrected chi connectivity index (χ2v) is 5.81. The smallest absolute Gasteiger partial charge is 0.335 e. The normalized spacial score (nSPS) is 46.7. The molecule has 10 atom stereocenters. The summed E-state index contributed by atoms with van der Waals surface area (Å²) in [5, 5.41) is 67.3. The molecule has 26 heavy (non-hydrogen) atoms. The van der Waals surface area contributed by atoms with Crippen molar-refractivity contribution >= 4 is 11.9 Å². The van der Waals surface area contributed by atoms with Gasteiger partial charge in [0.1, 0.15) is 36.6 Å². The number of aliphatic hydroxyl groups is 5. The molecule has 0 saturated carbocycles. The molecule has 0 aliphatic carbocycles. The number of carboxylic acid groups (broad SMARTS) is 2. The maximum atomic E-state index is 11.3. The van der Waals surface area contributed by atoms with Crippen LogP contribution in [0, 0.1) is 0 Å². The van der Waals surface area contributed by atoms with Crippen LogP contribution in [0.15, 0.2) is 0 Å². The molecule has 2 rings (SSSR count). The minimum Gasteiger partial charge on any atom is -0.479 e. The van der Waals surface area contributed by atoms with E-state index in [-0.39, 0.29) is 0 Å². The zero-order chi connectivity index (χ0) is 19.8. The molecule has 7 N–H and O–H groups in total. The standard InChI is InChI=1S/C13H20O13/c1-23-6-3(15)5(17)13(26-8(6)10(18)19)25-7-2(14)4(16)12(22)24-9(7)11(20)21/h2-9,12-17,22H,1H3,(H,18,19)(H,20,21)/t2-,3-,4-,5-,6-,7-,8+,9+,12+,13+/m1/s1. The largest absolute Gasteiger partial charge is 0.479 e. The molecule has 2 heterocycles. The highest BCUT2D eigenvalue weighted by Crippen LogP contribution is 2.29. The van der Waals surface area contributed by atoms with Crippen molar-refractivity contribution in [3.8, 4) is 0 Å². The van der Waals surface area contributed by atoms with Crippen LogP contribution in [0.25, 0.3) is 0 Å². The average molecular weight is 384 g/mol. The highest BCUT2D eigenvalue weighted by Gasteiger charge is 2.53. The number of aliphatic carboxylic acids is 2. The highest BCUT2D eigenvalue weighted by atomic mass is 16.7. The van der Waals surface area contributed by atoms with Gasteiger partial charge in [-0.1, -0.05) is 0 Å². The van der Waals surface area contributed by atoms with E-state index in [2.05, 4.69) is 4.74 Å². The molecular formula is C13H20O13. The Morgan fingerprint density at radius 2 is 1.27 bits per heavy atom. The summed E-state index contributed by atoms with van der Waals surface area (Å²) in [6, 6.07) is 0. The number of carboxylic acids is 2. The van der Waals surface area contributed by atoms with E-state index in [4.69, 9.17) is 24.4 Å². The molecule has 0 amide bonds. The quantitative estimate of drug-likeness (QED) is 0.238. The van der Waals surface area contributed by atoms with Crippen molar-refractivity contribution in [2.45, 2.75) is 61.4 Å². The van der Waals surface area contributed by atoms with Crippen LogP contribution in [0.2, 0.25) is 0 Å². The van der Waals surface area contributed by atoms with E-state index in [9.17, 15) is 35.1 Å². The Kier molecular flexibility index (Phi) is 6.49. The fourth-order valence-corrected chi connectivity index (χ4v) is 2.77. The number of aliphatic hydroxyl groups excluding tert-OH is 5. The summed E-state index contributed by atoms with van der Waals surface area (Å²) in [7, 11) is 1.08. The average Bonchev–Trinajstić information content (AvgIpc) is 2.58. The van der Waals surface area contributed by atoms with Crippen LogP contribution < -0.4 is 0 Å². The number of hydrogen-bond donors (Lipinski definition) is 7. The number of ether oxygens (including phenoxy) is 4. The van der Waals surface area contributed by atoms with E-state index in [1.165, 1.54) is 0 Å². The maximum absolute atomic E-state index is 11.3. The molecule has 0 unspecified atom stereocenters. The van der Waals surface area contributed by atoms with Crippen LogP contribution in [0.4, 0.5) is 0 Å². The third kappa shape index (κ3) is 3.80. The van der Waals surface area contributed by atoms with Gasteiger partial charge in [-0.05, 0) is 0 Å². The molecule has 0 bridgehead atoms. The Labute approximate surface area is 145 Å². The molecule has 0 aromatic heterocycles. The van der Waals surface area contributed by atoms with Gasteiger partial charge in [0.15, 0.2) is 24.8 Å². The van der Waals surface area contributed by atoms with Gasteiger partial charge in [-0.25, -0.2) is 9.59 Å². The van der Waals surface area contributed by atoms with Crippen molar-refractivity contribution in [2.75, 3.05) is 7.11 Å². The van der Waals surface area contributed by atoms with E-state index >= 15 is 0 Å². The van der Waals surface area contributed by atoms with Gasteiger partial charge in [0, 0.05) is 7.11 Å². The molecule has 2 aliphatic rings. The van der Waals surface area contributed by atoms with Gasteiger partial charge in [0.25, 0.3) is 0 Å². The molecule has 2 aliphatic heterocycles. The first-order valence-corrected chi connectivity index (χ1v) is 7.45. The number of hydrogen-bond acceptors (Lipinski definition) is 11. The van der Waals surface area contributed by atoms with E-state index in [0.717, 1.165) is 7.11 Å². The summed E-state index contributed by atoms with van der Waals surface area (Å²) < 4.78 is 19.6. The Morgan fingerprint density at radius 1 is 0.769 bits per heavy atom. The number of carbonyl (C=O) groups is 2. The fourth-order valence-electron chi connectivity index (χ4n) is 2.77. The second-order valence-electron chi connectivity index (χ2n) is 5.81. The van der Waals surface area contributed by atoms with Crippen LogP contribution in [0.1, 0.15) is 0 Å². The van der Waals surface area contributed by atoms with E-state index in [1.807, 2.05) is 0 Å². The van der Waals surface area contributed by atoms with E-state index in [0.29, 0.717) is 0 Å². The second kappa shape index (κ2) is 8.08. The minimum absolute atomic E-state index is 1.08. The predicted molar refractivity (Wildman–Crippen MR) is 74.5 cm³/mol. The summed E-state index contributed by atoms with van der Waals surface area (Å²) in [6.45, 7) is 0. The Morgan fingerprint density at radius 3 is 1.77 bits per heavy atom. The van der Waals surface area contributed by atoms with Gasteiger partial charge in [-0.15, -0.1) is 0 Å². The van der Waals surface area contributed by atoms with Crippen LogP contribution >= 0.6 is 0 Å². The van der Waals surface area contributed by atoms with Gasteiger partial charge in [-0.2, -0.15) is 0 Å². The van der Waals surface area contributed by atoms with Gasteiger partial charge < -0.3 is 54.7 Å². The molecule has 13 nitrogen and oxygen atoms in total. The number of methoxy groups -OCH3 is 1. The zero-order valence-electron chi connectivity index (χ0n) is 13.4. The first-order chi connectivity index (χ1) is 12.1. The Balaban J connectivity index is 2.23. The molecule has 0 radical (unpaired) electrons. The lowest BCUT2D eigenvalue weighted by atomic mass is 9.96. The van der Waals surface area contributed by atoms with Crippen molar-refractivity contribution in [2.24, 2.45) is 0 Å².